The highest BCUT2D eigenvalue weighted by Crippen LogP contribution is 2.26. The average Bonchev–Trinajstić information content (AvgIpc) is 2.88. The van der Waals surface area contributed by atoms with E-state index in [9.17, 15) is 23.3 Å². The van der Waals surface area contributed by atoms with Crippen molar-refractivity contribution < 1.29 is 22.9 Å². The SMILES string of the molecule is CCCCCCOc1ccc(N(NC(=O)c2ccc(C)cc2)S(=O)(=O)c2ccc([N+](=O)[O-])cc2)cc1. The van der Waals surface area contributed by atoms with E-state index in [1.54, 1.807) is 36.4 Å². The number of non-ortho nitro benzene ring substituents is 1. The van der Waals surface area contributed by atoms with Crippen LogP contribution >= 0.6 is 0 Å². The summed E-state index contributed by atoms with van der Waals surface area (Å²) < 4.78 is 33.5. The molecule has 0 fully saturated rings. The molecule has 0 atom stereocenters. The molecule has 0 unspecified atom stereocenters. The second kappa shape index (κ2) is 12.2. The largest absolute Gasteiger partial charge is 0.494 e. The molecular weight excluding hydrogens is 482 g/mol. The summed E-state index contributed by atoms with van der Waals surface area (Å²) in [7, 11) is -4.31. The first-order chi connectivity index (χ1) is 17.2. The number of carbonyl (C=O) groups is 1. The van der Waals surface area contributed by atoms with Crippen LogP contribution < -0.4 is 14.6 Å². The fourth-order valence-corrected chi connectivity index (χ4v) is 4.66. The number of hydrogen-bond acceptors (Lipinski definition) is 6. The number of nitro benzene ring substituents is 1. The zero-order chi connectivity index (χ0) is 26.1. The molecule has 0 heterocycles. The lowest BCUT2D eigenvalue weighted by molar-refractivity contribution is -0.384. The summed E-state index contributed by atoms with van der Waals surface area (Å²) in [6, 6.07) is 17.5. The van der Waals surface area contributed by atoms with Crippen molar-refractivity contribution in [2.24, 2.45) is 0 Å². The minimum absolute atomic E-state index is 0.173. The highest BCUT2D eigenvalue weighted by Gasteiger charge is 2.28. The third-order valence-corrected chi connectivity index (χ3v) is 7.09. The zero-order valence-electron chi connectivity index (χ0n) is 20.2. The van der Waals surface area contributed by atoms with Crippen LogP contribution in [-0.2, 0) is 10.0 Å². The van der Waals surface area contributed by atoms with Crippen molar-refractivity contribution in [1.29, 1.82) is 0 Å². The van der Waals surface area contributed by atoms with Gasteiger partial charge in [-0.1, -0.05) is 43.9 Å². The number of nitro groups is 1. The predicted octanol–water partition coefficient (Wildman–Crippen LogP) is 5.40. The van der Waals surface area contributed by atoms with Crippen LogP contribution in [0.5, 0.6) is 5.75 Å². The van der Waals surface area contributed by atoms with Gasteiger partial charge in [-0.25, -0.2) is 5.43 Å². The molecule has 0 spiro atoms. The number of rotatable bonds is 12. The van der Waals surface area contributed by atoms with Crippen molar-refractivity contribution >= 4 is 27.3 Å². The van der Waals surface area contributed by atoms with E-state index >= 15 is 0 Å². The maximum atomic E-state index is 13.5. The Morgan fingerprint density at radius 2 is 1.58 bits per heavy atom. The first kappa shape index (κ1) is 26.7. The Morgan fingerprint density at radius 1 is 0.944 bits per heavy atom. The number of sulfonamides is 1. The second-order valence-electron chi connectivity index (χ2n) is 8.23. The number of hydrogen-bond donors (Lipinski definition) is 1. The molecule has 0 aromatic heterocycles. The van der Waals surface area contributed by atoms with Crippen LogP contribution in [0.1, 0.15) is 48.5 Å². The summed E-state index contributed by atoms with van der Waals surface area (Å²) in [6.45, 7) is 4.56. The molecule has 190 valence electrons. The van der Waals surface area contributed by atoms with E-state index in [1.165, 1.54) is 12.1 Å². The molecule has 0 saturated carbocycles. The number of aryl methyl sites for hydroxylation is 1. The van der Waals surface area contributed by atoms with Crippen LogP contribution in [0.15, 0.2) is 77.7 Å². The van der Waals surface area contributed by atoms with E-state index in [4.69, 9.17) is 4.74 Å². The number of hydrazine groups is 1. The highest BCUT2D eigenvalue weighted by molar-refractivity contribution is 7.92. The topological polar surface area (TPSA) is 119 Å². The van der Waals surface area contributed by atoms with Crippen LogP contribution in [0.2, 0.25) is 0 Å². The maximum absolute atomic E-state index is 13.5. The van der Waals surface area contributed by atoms with Crippen LogP contribution in [-0.4, -0.2) is 25.9 Å². The van der Waals surface area contributed by atoms with Gasteiger partial charge < -0.3 is 4.74 Å². The predicted molar refractivity (Wildman–Crippen MR) is 137 cm³/mol. The third kappa shape index (κ3) is 6.82. The number of nitrogens with one attached hydrogen (secondary N) is 1. The first-order valence-corrected chi connectivity index (χ1v) is 13.1. The van der Waals surface area contributed by atoms with Crippen LogP contribution in [0.4, 0.5) is 11.4 Å². The zero-order valence-corrected chi connectivity index (χ0v) is 21.0. The first-order valence-electron chi connectivity index (χ1n) is 11.6. The van der Waals surface area contributed by atoms with Gasteiger partial charge in [-0.15, -0.1) is 0 Å². The van der Waals surface area contributed by atoms with Gasteiger partial charge in [-0.2, -0.15) is 12.8 Å². The van der Waals surface area contributed by atoms with Crippen molar-refractivity contribution in [2.75, 3.05) is 11.0 Å². The smallest absolute Gasteiger partial charge is 0.281 e. The molecule has 1 amide bonds. The Hall–Kier alpha value is -3.92. The summed E-state index contributed by atoms with van der Waals surface area (Å²) in [4.78, 5) is 23.1. The molecule has 0 bridgehead atoms. The van der Waals surface area contributed by atoms with E-state index in [1.807, 2.05) is 6.92 Å². The van der Waals surface area contributed by atoms with Crippen molar-refractivity contribution in [3.63, 3.8) is 0 Å². The lowest BCUT2D eigenvalue weighted by Crippen LogP contribution is -2.46. The average molecular weight is 512 g/mol. The van der Waals surface area contributed by atoms with E-state index in [-0.39, 0.29) is 21.8 Å². The molecule has 3 rings (SSSR count). The molecule has 3 aromatic rings. The van der Waals surface area contributed by atoms with Crippen LogP contribution in [0.25, 0.3) is 0 Å². The molecular formula is C26H29N3O6S. The molecule has 0 aliphatic heterocycles. The van der Waals surface area contributed by atoms with Gasteiger partial charge in [0.05, 0.1) is 22.1 Å². The van der Waals surface area contributed by atoms with E-state index in [0.29, 0.717) is 12.4 Å². The van der Waals surface area contributed by atoms with Crippen LogP contribution in [0, 0.1) is 17.0 Å². The molecule has 0 radical (unpaired) electrons. The van der Waals surface area contributed by atoms with E-state index < -0.39 is 20.9 Å². The number of amides is 1. The normalized spacial score (nSPS) is 11.1. The Labute approximate surface area is 210 Å². The van der Waals surface area contributed by atoms with Crippen LogP contribution in [0.3, 0.4) is 0 Å². The number of anilines is 1. The van der Waals surface area contributed by atoms with E-state index in [2.05, 4.69) is 12.3 Å². The van der Waals surface area contributed by atoms with Gasteiger partial charge in [-0.3, -0.25) is 14.9 Å². The minimum atomic E-state index is -4.31. The monoisotopic (exact) mass is 511 g/mol. The quantitative estimate of drug-likeness (QED) is 0.197. The van der Waals surface area contributed by atoms with Gasteiger partial charge >= 0.3 is 0 Å². The molecule has 3 aromatic carbocycles. The summed E-state index contributed by atoms with van der Waals surface area (Å²) in [5.74, 6) is -0.0514. The summed E-state index contributed by atoms with van der Waals surface area (Å²) in [5.41, 5.74) is 3.62. The lowest BCUT2D eigenvalue weighted by Gasteiger charge is -2.25. The Morgan fingerprint density at radius 3 is 2.17 bits per heavy atom. The standard InChI is InChI=1S/C26H29N3O6S/c1-3-4-5-6-19-35-24-15-11-22(12-16-24)28(27-26(30)21-9-7-20(2)8-10-21)36(33,34)25-17-13-23(14-18-25)29(31)32/h7-18H,3-6,19H2,1-2H3,(H,27,30). The molecule has 1 N–H and O–H groups in total. The summed E-state index contributed by atoms with van der Waals surface area (Å²) >= 11 is 0. The summed E-state index contributed by atoms with van der Waals surface area (Å²) in [6.07, 6.45) is 4.25. The van der Waals surface area contributed by atoms with Gasteiger partial charge in [0.2, 0.25) is 0 Å². The fraction of sp³-hybridized carbons (Fsp3) is 0.269. The summed E-state index contributed by atoms with van der Waals surface area (Å²) in [5, 5.41) is 11.0. The number of carbonyl (C=O) groups excluding carboxylic acids is 1. The minimum Gasteiger partial charge on any atom is -0.494 e. The molecule has 36 heavy (non-hydrogen) atoms. The van der Waals surface area contributed by atoms with Gasteiger partial charge in [0.25, 0.3) is 21.6 Å². The molecule has 10 heteroatoms. The highest BCUT2D eigenvalue weighted by atomic mass is 32.2. The van der Waals surface area contributed by atoms with Crippen molar-refractivity contribution in [3.8, 4) is 5.75 Å². The second-order valence-corrected chi connectivity index (χ2v) is 10.0. The number of benzene rings is 3. The van der Waals surface area contributed by atoms with E-state index in [0.717, 1.165) is 59.9 Å². The van der Waals surface area contributed by atoms with Gasteiger partial charge in [0.15, 0.2) is 0 Å². The van der Waals surface area contributed by atoms with Gasteiger partial charge in [-0.05, 0) is 61.9 Å². The van der Waals surface area contributed by atoms with Crippen molar-refractivity contribution in [3.05, 3.63) is 94.0 Å². The molecule has 0 aliphatic carbocycles. The Bertz CT molecular complexity index is 1270. The lowest BCUT2D eigenvalue weighted by atomic mass is 10.1. The molecule has 9 nitrogen and oxygen atoms in total. The van der Waals surface area contributed by atoms with Crippen molar-refractivity contribution in [2.45, 2.75) is 44.4 Å². The number of ether oxygens (including phenoxy) is 1. The number of nitrogens with zero attached hydrogens (tertiary/aromatic N) is 2. The third-order valence-electron chi connectivity index (χ3n) is 5.44. The van der Waals surface area contributed by atoms with Crippen molar-refractivity contribution in [1.82, 2.24) is 5.43 Å². The molecule has 0 aliphatic rings. The van der Waals surface area contributed by atoms with Gasteiger partial charge in [0.1, 0.15) is 5.75 Å². The number of unbranched alkanes of at least 4 members (excludes halogenated alkanes) is 3. The maximum Gasteiger partial charge on any atom is 0.281 e. The van der Waals surface area contributed by atoms with Gasteiger partial charge in [0, 0.05) is 17.7 Å². The Balaban J connectivity index is 1.88. The Kier molecular flexibility index (Phi) is 9.02. The fourth-order valence-electron chi connectivity index (χ4n) is 3.37. The molecule has 0 saturated heterocycles.